The smallest absolute Gasteiger partial charge is 0.306 e. The van der Waals surface area contributed by atoms with Gasteiger partial charge in [0, 0.05) is 24.1 Å². The number of esters is 1. The highest BCUT2D eigenvalue weighted by Gasteiger charge is 2.21. The number of halogens is 1. The molecule has 0 saturated carbocycles. The van der Waals surface area contributed by atoms with Crippen molar-refractivity contribution in [2.75, 3.05) is 42.2 Å². The molecule has 7 heteroatoms. The number of hydrogen-bond donors (Lipinski definition) is 0. The second-order valence-corrected chi connectivity index (χ2v) is 7.04. The van der Waals surface area contributed by atoms with E-state index in [0.29, 0.717) is 32.7 Å². The molecule has 5 nitrogen and oxygen atoms in total. The Labute approximate surface area is 110 Å². The Balaban J connectivity index is 2.13. The Morgan fingerprint density at radius 2 is 1.94 bits per heavy atom. The Morgan fingerprint density at radius 1 is 1.31 bits per heavy atom. The molecule has 1 aliphatic heterocycles. The van der Waals surface area contributed by atoms with Crippen LogP contribution in [-0.2, 0) is 19.4 Å². The van der Waals surface area contributed by atoms with Gasteiger partial charge in [-0.1, -0.05) is 22.6 Å². The molecule has 0 unspecified atom stereocenters. The van der Waals surface area contributed by atoms with Crippen LogP contribution >= 0.6 is 22.6 Å². The number of rotatable bonds is 5. The summed E-state index contributed by atoms with van der Waals surface area (Å²) in [7, 11) is -2.82. The predicted octanol–water partition coefficient (Wildman–Crippen LogP) is 0.0851. The van der Waals surface area contributed by atoms with Crippen molar-refractivity contribution in [3.8, 4) is 0 Å². The molecule has 0 aromatic rings. The van der Waals surface area contributed by atoms with Crippen molar-refractivity contribution in [2.24, 2.45) is 0 Å². The molecule has 0 aromatic carbocycles. The molecule has 1 aliphatic rings. The van der Waals surface area contributed by atoms with E-state index < -0.39 is 9.84 Å². The highest BCUT2D eigenvalue weighted by molar-refractivity contribution is 14.1. The summed E-state index contributed by atoms with van der Waals surface area (Å²) in [6, 6.07) is 0. The van der Waals surface area contributed by atoms with E-state index >= 15 is 0 Å². The molecule has 0 radical (unpaired) electrons. The number of hydrogen-bond acceptors (Lipinski definition) is 5. The molecule has 0 bridgehead atoms. The first-order valence-electron chi connectivity index (χ1n) is 5.18. The van der Waals surface area contributed by atoms with E-state index in [1.54, 1.807) is 0 Å². The molecule has 1 heterocycles. The van der Waals surface area contributed by atoms with Gasteiger partial charge in [0.1, 0.15) is 6.61 Å². The Hall–Kier alpha value is 0.110. The zero-order valence-corrected chi connectivity index (χ0v) is 12.0. The van der Waals surface area contributed by atoms with Crippen molar-refractivity contribution >= 4 is 38.4 Å². The monoisotopic (exact) mass is 361 g/mol. The second-order valence-electron chi connectivity index (χ2n) is 3.65. The Kier molecular flexibility index (Phi) is 5.98. The zero-order chi connectivity index (χ0) is 12.0. The topological polar surface area (TPSA) is 63.7 Å². The van der Waals surface area contributed by atoms with Crippen molar-refractivity contribution in [3.05, 3.63) is 0 Å². The molecule has 0 N–H and O–H groups in total. The predicted molar refractivity (Wildman–Crippen MR) is 69.6 cm³/mol. The SMILES string of the molecule is O=C(CCI)OCCN1CCS(=O)(=O)CC1. The van der Waals surface area contributed by atoms with Crippen LogP contribution in [0, 0.1) is 0 Å². The van der Waals surface area contributed by atoms with Crippen LogP contribution in [0.5, 0.6) is 0 Å². The van der Waals surface area contributed by atoms with Crippen molar-refractivity contribution < 1.29 is 17.9 Å². The first kappa shape index (κ1) is 14.2. The van der Waals surface area contributed by atoms with E-state index in [4.69, 9.17) is 4.74 Å². The van der Waals surface area contributed by atoms with Gasteiger partial charge in [0.2, 0.25) is 0 Å². The van der Waals surface area contributed by atoms with Crippen molar-refractivity contribution in [2.45, 2.75) is 6.42 Å². The van der Waals surface area contributed by atoms with E-state index in [1.807, 2.05) is 4.90 Å². The molecule has 0 atom stereocenters. The van der Waals surface area contributed by atoms with Crippen LogP contribution in [0.2, 0.25) is 0 Å². The number of sulfone groups is 1. The van der Waals surface area contributed by atoms with E-state index in [2.05, 4.69) is 22.6 Å². The van der Waals surface area contributed by atoms with Crippen LogP contribution in [0.25, 0.3) is 0 Å². The van der Waals surface area contributed by atoms with E-state index in [0.717, 1.165) is 4.43 Å². The summed E-state index contributed by atoms with van der Waals surface area (Å²) in [5.74, 6) is 0.252. The lowest BCUT2D eigenvalue weighted by Crippen LogP contribution is -2.41. The average molecular weight is 361 g/mol. The van der Waals surface area contributed by atoms with Gasteiger partial charge in [0.15, 0.2) is 9.84 Å². The summed E-state index contributed by atoms with van der Waals surface area (Å²) >= 11 is 2.12. The first-order chi connectivity index (χ1) is 7.53. The van der Waals surface area contributed by atoms with Gasteiger partial charge in [-0.15, -0.1) is 0 Å². The van der Waals surface area contributed by atoms with Crippen molar-refractivity contribution in [3.63, 3.8) is 0 Å². The fraction of sp³-hybridized carbons (Fsp3) is 0.889. The van der Waals surface area contributed by atoms with Gasteiger partial charge in [0.05, 0.1) is 17.9 Å². The molecule has 0 aliphatic carbocycles. The highest BCUT2D eigenvalue weighted by atomic mass is 127. The average Bonchev–Trinajstić information content (AvgIpc) is 2.21. The van der Waals surface area contributed by atoms with Crippen LogP contribution < -0.4 is 0 Å². The Bertz CT molecular complexity index is 316. The molecular formula is C9H16INO4S. The van der Waals surface area contributed by atoms with E-state index in [-0.39, 0.29) is 17.5 Å². The molecule has 1 fully saturated rings. The summed E-state index contributed by atoms with van der Waals surface area (Å²) in [5.41, 5.74) is 0. The third-order valence-electron chi connectivity index (χ3n) is 2.41. The quantitative estimate of drug-likeness (QED) is 0.395. The van der Waals surface area contributed by atoms with Gasteiger partial charge in [-0.2, -0.15) is 0 Å². The molecule has 1 saturated heterocycles. The number of carbonyl (C=O) groups excluding carboxylic acids is 1. The number of nitrogens with zero attached hydrogens (tertiary/aromatic N) is 1. The summed E-state index contributed by atoms with van der Waals surface area (Å²) in [6.45, 7) is 2.08. The van der Waals surface area contributed by atoms with Gasteiger partial charge in [-0.05, 0) is 0 Å². The van der Waals surface area contributed by atoms with Gasteiger partial charge >= 0.3 is 5.97 Å². The van der Waals surface area contributed by atoms with Gasteiger partial charge in [-0.25, -0.2) is 8.42 Å². The molecule has 0 spiro atoms. The maximum atomic E-state index is 11.2. The van der Waals surface area contributed by atoms with Crippen LogP contribution in [-0.4, -0.2) is 61.5 Å². The third kappa shape index (κ3) is 5.44. The second kappa shape index (κ2) is 6.75. The zero-order valence-electron chi connectivity index (χ0n) is 9.02. The van der Waals surface area contributed by atoms with Gasteiger partial charge in [-0.3, -0.25) is 9.69 Å². The number of ether oxygens (including phenoxy) is 1. The van der Waals surface area contributed by atoms with Crippen LogP contribution in [0.3, 0.4) is 0 Å². The van der Waals surface area contributed by atoms with Gasteiger partial charge < -0.3 is 4.74 Å². The molecule has 1 rings (SSSR count). The lowest BCUT2D eigenvalue weighted by Gasteiger charge is -2.25. The maximum absolute atomic E-state index is 11.2. The van der Waals surface area contributed by atoms with Gasteiger partial charge in [0.25, 0.3) is 0 Å². The largest absolute Gasteiger partial charge is 0.464 e. The lowest BCUT2D eigenvalue weighted by molar-refractivity contribution is -0.143. The summed E-state index contributed by atoms with van der Waals surface area (Å²) in [5, 5.41) is 0. The minimum atomic E-state index is -2.82. The fourth-order valence-electron chi connectivity index (χ4n) is 1.41. The molecule has 0 amide bonds. The minimum Gasteiger partial charge on any atom is -0.464 e. The van der Waals surface area contributed by atoms with Crippen molar-refractivity contribution in [1.29, 1.82) is 0 Å². The fourth-order valence-corrected chi connectivity index (χ4v) is 3.13. The van der Waals surface area contributed by atoms with E-state index in [9.17, 15) is 13.2 Å². The van der Waals surface area contributed by atoms with Crippen molar-refractivity contribution in [1.82, 2.24) is 4.90 Å². The lowest BCUT2D eigenvalue weighted by atomic mass is 10.4. The highest BCUT2D eigenvalue weighted by Crippen LogP contribution is 2.03. The van der Waals surface area contributed by atoms with E-state index in [1.165, 1.54) is 0 Å². The normalized spacial score (nSPS) is 20.6. The van der Waals surface area contributed by atoms with Crippen LogP contribution in [0.15, 0.2) is 0 Å². The third-order valence-corrected chi connectivity index (χ3v) is 4.55. The van der Waals surface area contributed by atoms with Crippen LogP contribution in [0.4, 0.5) is 0 Å². The minimum absolute atomic E-state index is 0.181. The maximum Gasteiger partial charge on any atom is 0.306 e. The first-order valence-corrected chi connectivity index (χ1v) is 8.52. The summed E-state index contributed by atoms with van der Waals surface area (Å²) in [4.78, 5) is 13.1. The Morgan fingerprint density at radius 3 is 2.50 bits per heavy atom. The summed E-state index contributed by atoms with van der Waals surface area (Å²) in [6.07, 6.45) is 0.439. The van der Waals surface area contributed by atoms with Crippen LogP contribution in [0.1, 0.15) is 6.42 Å². The number of alkyl halides is 1. The molecule has 16 heavy (non-hydrogen) atoms. The molecule has 94 valence electrons. The molecule has 0 aromatic heterocycles. The summed E-state index contributed by atoms with van der Waals surface area (Å²) < 4.78 is 28.1. The number of carbonyl (C=O) groups is 1. The standard InChI is InChI=1S/C9H16INO4S/c10-2-1-9(12)15-6-3-11-4-7-16(13,14)8-5-11/h1-8H2. The molecular weight excluding hydrogens is 345 g/mol.